The standard InChI is InChI=1S/C11H15ClN4/c1-8-11(4-12)9(2)16(14-8)7-10-5-13-15(3)6-10/h5-6H,4,7H2,1-3H3. The molecule has 0 aliphatic heterocycles. The maximum absolute atomic E-state index is 5.89. The number of aryl methyl sites for hydroxylation is 2. The van der Waals surface area contributed by atoms with Gasteiger partial charge in [0.15, 0.2) is 0 Å². The second kappa shape index (κ2) is 4.29. The molecule has 0 saturated heterocycles. The van der Waals surface area contributed by atoms with E-state index in [1.54, 1.807) is 4.68 Å². The van der Waals surface area contributed by atoms with Crippen LogP contribution in [0.1, 0.15) is 22.5 Å². The molecule has 0 amide bonds. The minimum atomic E-state index is 0.519. The Balaban J connectivity index is 2.28. The third-order valence-electron chi connectivity index (χ3n) is 2.76. The fourth-order valence-electron chi connectivity index (χ4n) is 1.81. The summed E-state index contributed by atoms with van der Waals surface area (Å²) >= 11 is 5.89. The van der Waals surface area contributed by atoms with Crippen LogP contribution in [0.25, 0.3) is 0 Å². The summed E-state index contributed by atoms with van der Waals surface area (Å²) in [5.41, 5.74) is 4.42. The van der Waals surface area contributed by atoms with Gasteiger partial charge in [-0.3, -0.25) is 9.36 Å². The average Bonchev–Trinajstić information content (AvgIpc) is 2.74. The predicted molar refractivity (Wildman–Crippen MR) is 63.6 cm³/mol. The van der Waals surface area contributed by atoms with E-state index in [1.807, 2.05) is 38.0 Å². The first-order chi connectivity index (χ1) is 7.61. The Bertz CT molecular complexity index is 498. The summed E-state index contributed by atoms with van der Waals surface area (Å²) in [6, 6.07) is 0. The van der Waals surface area contributed by atoms with Crippen molar-refractivity contribution in [2.75, 3.05) is 0 Å². The van der Waals surface area contributed by atoms with Crippen LogP contribution in [-0.2, 0) is 19.5 Å². The fraction of sp³-hybridized carbons (Fsp3) is 0.455. The van der Waals surface area contributed by atoms with Gasteiger partial charge in [-0.1, -0.05) is 0 Å². The lowest BCUT2D eigenvalue weighted by Crippen LogP contribution is -2.03. The molecule has 0 atom stereocenters. The monoisotopic (exact) mass is 238 g/mol. The molecule has 0 fully saturated rings. The Morgan fingerprint density at radius 2 is 2.12 bits per heavy atom. The summed E-state index contributed by atoms with van der Waals surface area (Å²) in [5, 5.41) is 8.62. The molecule has 0 saturated carbocycles. The van der Waals surface area contributed by atoms with Crippen LogP contribution in [-0.4, -0.2) is 19.6 Å². The summed E-state index contributed by atoms with van der Waals surface area (Å²) in [7, 11) is 1.91. The van der Waals surface area contributed by atoms with Crippen molar-refractivity contribution in [3.05, 3.63) is 34.9 Å². The lowest BCUT2D eigenvalue weighted by Gasteiger charge is -2.02. The second-order valence-corrected chi connectivity index (χ2v) is 4.23. The zero-order valence-electron chi connectivity index (χ0n) is 9.74. The highest BCUT2D eigenvalue weighted by Crippen LogP contribution is 2.16. The van der Waals surface area contributed by atoms with Gasteiger partial charge in [-0.2, -0.15) is 10.2 Å². The summed E-state index contributed by atoms with van der Waals surface area (Å²) in [6.07, 6.45) is 3.85. The van der Waals surface area contributed by atoms with Gasteiger partial charge < -0.3 is 0 Å². The maximum Gasteiger partial charge on any atom is 0.0693 e. The minimum Gasteiger partial charge on any atom is -0.275 e. The molecule has 2 aromatic rings. The van der Waals surface area contributed by atoms with Crippen molar-refractivity contribution in [1.29, 1.82) is 0 Å². The van der Waals surface area contributed by atoms with Gasteiger partial charge in [0.05, 0.1) is 24.3 Å². The van der Waals surface area contributed by atoms with E-state index in [4.69, 9.17) is 11.6 Å². The molecule has 0 unspecified atom stereocenters. The van der Waals surface area contributed by atoms with E-state index in [-0.39, 0.29) is 0 Å². The van der Waals surface area contributed by atoms with Crippen molar-refractivity contribution in [3.63, 3.8) is 0 Å². The molecule has 0 aliphatic rings. The third-order valence-corrected chi connectivity index (χ3v) is 3.02. The van der Waals surface area contributed by atoms with E-state index < -0.39 is 0 Å². The molecule has 0 aliphatic carbocycles. The number of nitrogens with zero attached hydrogens (tertiary/aromatic N) is 4. The Kier molecular flexibility index (Phi) is 3.01. The summed E-state index contributed by atoms with van der Waals surface area (Å²) in [4.78, 5) is 0. The molecule has 2 heterocycles. The SMILES string of the molecule is Cc1nn(Cc2cnn(C)c2)c(C)c1CCl. The van der Waals surface area contributed by atoms with Gasteiger partial charge in [-0.25, -0.2) is 0 Å². The van der Waals surface area contributed by atoms with E-state index in [2.05, 4.69) is 10.2 Å². The Morgan fingerprint density at radius 3 is 2.62 bits per heavy atom. The molecular weight excluding hydrogens is 224 g/mol. The Hall–Kier alpha value is -1.29. The quantitative estimate of drug-likeness (QED) is 0.767. The smallest absolute Gasteiger partial charge is 0.0693 e. The number of halogens is 1. The van der Waals surface area contributed by atoms with Crippen LogP contribution < -0.4 is 0 Å². The molecule has 0 aromatic carbocycles. The highest BCUT2D eigenvalue weighted by atomic mass is 35.5. The molecule has 0 spiro atoms. The molecule has 2 aromatic heterocycles. The number of alkyl halides is 1. The lowest BCUT2D eigenvalue weighted by molar-refractivity contribution is 0.657. The van der Waals surface area contributed by atoms with Crippen LogP contribution in [0.2, 0.25) is 0 Å². The van der Waals surface area contributed by atoms with Gasteiger partial charge in [-0.05, 0) is 13.8 Å². The van der Waals surface area contributed by atoms with E-state index in [1.165, 1.54) is 0 Å². The van der Waals surface area contributed by atoms with E-state index >= 15 is 0 Å². The van der Waals surface area contributed by atoms with Crippen LogP contribution >= 0.6 is 11.6 Å². The highest BCUT2D eigenvalue weighted by molar-refractivity contribution is 6.17. The molecule has 0 radical (unpaired) electrons. The van der Waals surface area contributed by atoms with Crippen molar-refractivity contribution in [2.24, 2.45) is 7.05 Å². The Labute approximate surface area is 99.8 Å². The molecule has 2 rings (SSSR count). The number of hydrogen-bond acceptors (Lipinski definition) is 2. The van der Waals surface area contributed by atoms with E-state index in [0.29, 0.717) is 5.88 Å². The lowest BCUT2D eigenvalue weighted by atomic mass is 10.2. The number of rotatable bonds is 3. The van der Waals surface area contributed by atoms with Gasteiger partial charge >= 0.3 is 0 Å². The first-order valence-electron chi connectivity index (χ1n) is 5.18. The van der Waals surface area contributed by atoms with Crippen molar-refractivity contribution < 1.29 is 0 Å². The molecule has 4 nitrogen and oxygen atoms in total. The second-order valence-electron chi connectivity index (χ2n) is 3.96. The van der Waals surface area contributed by atoms with E-state index in [0.717, 1.165) is 29.1 Å². The van der Waals surface area contributed by atoms with Crippen LogP contribution in [0.4, 0.5) is 0 Å². The van der Waals surface area contributed by atoms with Crippen LogP contribution in [0.3, 0.4) is 0 Å². The third kappa shape index (κ3) is 1.97. The number of aromatic nitrogens is 4. The van der Waals surface area contributed by atoms with E-state index in [9.17, 15) is 0 Å². The zero-order chi connectivity index (χ0) is 11.7. The van der Waals surface area contributed by atoms with Crippen LogP contribution in [0, 0.1) is 13.8 Å². The molecular formula is C11H15ClN4. The Morgan fingerprint density at radius 1 is 1.38 bits per heavy atom. The van der Waals surface area contributed by atoms with Gasteiger partial charge in [0.25, 0.3) is 0 Å². The molecule has 5 heteroatoms. The van der Waals surface area contributed by atoms with Gasteiger partial charge in [-0.15, -0.1) is 11.6 Å². The predicted octanol–water partition coefficient (Wildman–Crippen LogP) is 2.02. The fourth-order valence-corrected chi connectivity index (χ4v) is 2.19. The molecule has 86 valence electrons. The number of hydrogen-bond donors (Lipinski definition) is 0. The van der Waals surface area contributed by atoms with Crippen molar-refractivity contribution in [3.8, 4) is 0 Å². The van der Waals surface area contributed by atoms with Crippen LogP contribution in [0.15, 0.2) is 12.4 Å². The van der Waals surface area contributed by atoms with Gasteiger partial charge in [0.1, 0.15) is 0 Å². The first-order valence-corrected chi connectivity index (χ1v) is 5.71. The summed E-state index contributed by atoms with van der Waals surface area (Å²) < 4.78 is 3.77. The molecule has 16 heavy (non-hydrogen) atoms. The van der Waals surface area contributed by atoms with Crippen molar-refractivity contribution in [2.45, 2.75) is 26.3 Å². The minimum absolute atomic E-state index is 0.519. The van der Waals surface area contributed by atoms with Crippen molar-refractivity contribution in [1.82, 2.24) is 19.6 Å². The highest BCUT2D eigenvalue weighted by Gasteiger charge is 2.10. The average molecular weight is 239 g/mol. The van der Waals surface area contributed by atoms with Crippen molar-refractivity contribution >= 4 is 11.6 Å². The summed E-state index contributed by atoms with van der Waals surface area (Å²) in [5.74, 6) is 0.519. The normalized spacial score (nSPS) is 11.0. The largest absolute Gasteiger partial charge is 0.275 e. The van der Waals surface area contributed by atoms with Crippen LogP contribution in [0.5, 0.6) is 0 Å². The topological polar surface area (TPSA) is 35.6 Å². The first kappa shape index (κ1) is 11.2. The zero-order valence-corrected chi connectivity index (χ0v) is 10.5. The molecule has 0 N–H and O–H groups in total. The van der Waals surface area contributed by atoms with Gasteiger partial charge in [0.2, 0.25) is 0 Å². The maximum atomic E-state index is 5.89. The molecule has 0 bridgehead atoms. The van der Waals surface area contributed by atoms with Gasteiger partial charge in [0, 0.05) is 30.1 Å². The summed E-state index contributed by atoms with van der Waals surface area (Å²) in [6.45, 7) is 4.79.